The van der Waals surface area contributed by atoms with Crippen molar-refractivity contribution in [3.05, 3.63) is 53.3 Å². The van der Waals surface area contributed by atoms with Gasteiger partial charge in [-0.15, -0.1) is 0 Å². The molecule has 0 saturated carbocycles. The highest BCUT2D eigenvalue weighted by Crippen LogP contribution is 2.30. The smallest absolute Gasteiger partial charge is 0.387 e. The Kier molecular flexibility index (Phi) is 5.20. The Labute approximate surface area is 126 Å². The van der Waals surface area contributed by atoms with Crippen LogP contribution in [-0.4, -0.2) is 21.3 Å². The van der Waals surface area contributed by atoms with Gasteiger partial charge in [-0.3, -0.25) is 5.10 Å². The topological polar surface area (TPSA) is 60.9 Å². The van der Waals surface area contributed by atoms with Gasteiger partial charge in [0, 0.05) is 24.5 Å². The number of nitrogens with zero attached hydrogens (tertiary/aromatic N) is 1. The van der Waals surface area contributed by atoms with Gasteiger partial charge in [0.05, 0.1) is 11.7 Å². The van der Waals surface area contributed by atoms with E-state index in [-0.39, 0.29) is 6.04 Å². The Morgan fingerprint density at radius 2 is 1.91 bits per heavy atom. The highest BCUT2D eigenvalue weighted by molar-refractivity contribution is 5.26. The van der Waals surface area contributed by atoms with Gasteiger partial charge in [0.25, 0.3) is 0 Å². The summed E-state index contributed by atoms with van der Waals surface area (Å²) < 4.78 is 37.6. The minimum absolute atomic E-state index is 0.264. The van der Waals surface area contributed by atoms with Crippen LogP contribution in [-0.2, 0) is 12.7 Å². The average molecular weight is 313 g/mol. The van der Waals surface area contributed by atoms with Crippen molar-refractivity contribution in [2.24, 2.45) is 0 Å². The van der Waals surface area contributed by atoms with Gasteiger partial charge in [-0.05, 0) is 30.2 Å². The fourth-order valence-electron chi connectivity index (χ4n) is 2.21. The van der Waals surface area contributed by atoms with Crippen LogP contribution in [0.15, 0.2) is 36.5 Å². The molecule has 0 spiro atoms. The molecule has 2 atom stereocenters. The van der Waals surface area contributed by atoms with E-state index in [1.165, 1.54) is 12.1 Å². The number of halogens is 3. The summed E-state index contributed by atoms with van der Waals surface area (Å²) in [4.78, 5) is 0. The molecule has 0 amide bonds. The molecule has 0 fully saturated rings. The Balaban J connectivity index is 2.02. The second-order valence-electron chi connectivity index (χ2n) is 5.04. The number of hydrogen-bond acceptors (Lipinski definition) is 3. The number of aromatic nitrogens is 2. The Bertz CT molecular complexity index is 567. The van der Waals surface area contributed by atoms with Crippen molar-refractivity contribution in [3.63, 3.8) is 0 Å². The third kappa shape index (κ3) is 4.08. The molecule has 0 bridgehead atoms. The minimum Gasteiger partial charge on any atom is -0.387 e. The molecule has 22 heavy (non-hydrogen) atoms. The van der Waals surface area contributed by atoms with Gasteiger partial charge >= 0.3 is 6.18 Å². The SMILES string of the molecule is CCC(NCc1ccn[nH]1)C(O)c1ccc(C(F)(F)F)cc1. The normalized spacial score (nSPS) is 14.8. The molecule has 1 heterocycles. The number of rotatable bonds is 6. The van der Waals surface area contributed by atoms with Crippen molar-refractivity contribution in [3.8, 4) is 0 Å². The number of aliphatic hydroxyl groups is 1. The molecule has 3 N–H and O–H groups in total. The Morgan fingerprint density at radius 1 is 1.23 bits per heavy atom. The van der Waals surface area contributed by atoms with Crippen molar-refractivity contribution in [2.45, 2.75) is 38.2 Å². The van der Waals surface area contributed by atoms with Crippen LogP contribution >= 0.6 is 0 Å². The summed E-state index contributed by atoms with van der Waals surface area (Å²) in [6.45, 7) is 2.40. The fraction of sp³-hybridized carbons (Fsp3) is 0.400. The fourth-order valence-corrected chi connectivity index (χ4v) is 2.21. The summed E-state index contributed by atoms with van der Waals surface area (Å²) >= 11 is 0. The number of benzene rings is 1. The standard InChI is InChI=1S/C15H18F3N3O/c1-2-13(19-9-12-7-8-20-21-12)14(22)10-3-5-11(6-4-10)15(16,17)18/h3-8,13-14,19,22H,2,9H2,1H3,(H,20,21). The van der Waals surface area contributed by atoms with Crippen LogP contribution in [0.2, 0.25) is 0 Å². The number of aliphatic hydroxyl groups excluding tert-OH is 1. The maximum atomic E-state index is 12.5. The van der Waals surface area contributed by atoms with E-state index < -0.39 is 17.8 Å². The maximum Gasteiger partial charge on any atom is 0.416 e. The average Bonchev–Trinajstić information content (AvgIpc) is 3.00. The van der Waals surface area contributed by atoms with E-state index in [9.17, 15) is 18.3 Å². The lowest BCUT2D eigenvalue weighted by atomic mass is 9.99. The van der Waals surface area contributed by atoms with E-state index in [0.29, 0.717) is 18.5 Å². The van der Waals surface area contributed by atoms with Crippen LogP contribution in [0, 0.1) is 0 Å². The summed E-state index contributed by atoms with van der Waals surface area (Å²) in [5, 5.41) is 20.1. The largest absolute Gasteiger partial charge is 0.416 e. The molecule has 120 valence electrons. The van der Waals surface area contributed by atoms with Crippen LogP contribution < -0.4 is 5.32 Å². The molecule has 4 nitrogen and oxygen atoms in total. The van der Waals surface area contributed by atoms with Crippen molar-refractivity contribution in [1.82, 2.24) is 15.5 Å². The number of H-pyrrole nitrogens is 1. The lowest BCUT2D eigenvalue weighted by Gasteiger charge is -2.23. The minimum atomic E-state index is -4.37. The predicted octanol–water partition coefficient (Wildman–Crippen LogP) is 3.03. The van der Waals surface area contributed by atoms with Crippen molar-refractivity contribution >= 4 is 0 Å². The first-order valence-corrected chi connectivity index (χ1v) is 6.98. The van der Waals surface area contributed by atoms with Crippen LogP contribution in [0.3, 0.4) is 0 Å². The van der Waals surface area contributed by atoms with Gasteiger partial charge in [-0.25, -0.2) is 0 Å². The predicted molar refractivity (Wildman–Crippen MR) is 75.9 cm³/mol. The first kappa shape index (κ1) is 16.5. The molecule has 0 aliphatic carbocycles. The second-order valence-corrected chi connectivity index (χ2v) is 5.04. The van der Waals surface area contributed by atoms with Crippen molar-refractivity contribution < 1.29 is 18.3 Å². The van der Waals surface area contributed by atoms with Crippen molar-refractivity contribution in [2.75, 3.05) is 0 Å². The van der Waals surface area contributed by atoms with Gasteiger partial charge in [0.1, 0.15) is 0 Å². The number of aromatic amines is 1. The summed E-state index contributed by atoms with van der Waals surface area (Å²) in [6, 6.07) is 6.15. The first-order chi connectivity index (χ1) is 10.4. The molecule has 1 aromatic carbocycles. The lowest BCUT2D eigenvalue weighted by molar-refractivity contribution is -0.137. The van der Waals surface area contributed by atoms with Gasteiger partial charge < -0.3 is 10.4 Å². The van der Waals surface area contributed by atoms with E-state index in [4.69, 9.17) is 0 Å². The molecule has 2 rings (SSSR count). The summed E-state index contributed by atoms with van der Waals surface area (Å²) in [5.41, 5.74) is 0.608. The van der Waals surface area contributed by atoms with Gasteiger partial charge in [-0.2, -0.15) is 18.3 Å². The molecule has 2 aromatic rings. The van der Waals surface area contributed by atoms with Crippen molar-refractivity contribution in [1.29, 1.82) is 0 Å². The van der Waals surface area contributed by atoms with Gasteiger partial charge in [0.15, 0.2) is 0 Å². The monoisotopic (exact) mass is 313 g/mol. The number of alkyl halides is 3. The highest BCUT2D eigenvalue weighted by Gasteiger charge is 2.30. The van der Waals surface area contributed by atoms with Crippen LogP contribution in [0.5, 0.6) is 0 Å². The van der Waals surface area contributed by atoms with E-state index >= 15 is 0 Å². The Morgan fingerprint density at radius 3 is 2.41 bits per heavy atom. The molecular formula is C15H18F3N3O. The second kappa shape index (κ2) is 6.93. The summed E-state index contributed by atoms with van der Waals surface area (Å²) in [6.07, 6.45) is -2.98. The Hall–Kier alpha value is -1.86. The molecule has 0 aliphatic rings. The van der Waals surface area contributed by atoms with Crippen LogP contribution in [0.4, 0.5) is 13.2 Å². The third-order valence-electron chi connectivity index (χ3n) is 3.51. The van der Waals surface area contributed by atoms with E-state index in [2.05, 4.69) is 15.5 Å². The molecule has 0 radical (unpaired) electrons. The number of nitrogens with one attached hydrogen (secondary N) is 2. The lowest BCUT2D eigenvalue weighted by Crippen LogP contribution is -2.34. The van der Waals surface area contributed by atoms with Gasteiger partial charge in [-0.1, -0.05) is 19.1 Å². The zero-order chi connectivity index (χ0) is 16.2. The summed E-state index contributed by atoms with van der Waals surface area (Å²) in [7, 11) is 0. The van der Waals surface area contributed by atoms with E-state index in [1.807, 2.05) is 13.0 Å². The molecule has 2 unspecified atom stereocenters. The zero-order valence-corrected chi connectivity index (χ0v) is 12.1. The molecule has 7 heteroatoms. The summed E-state index contributed by atoms with van der Waals surface area (Å²) in [5.74, 6) is 0. The zero-order valence-electron chi connectivity index (χ0n) is 12.1. The molecule has 0 saturated heterocycles. The number of hydrogen-bond donors (Lipinski definition) is 3. The molecule has 1 aromatic heterocycles. The third-order valence-corrected chi connectivity index (χ3v) is 3.51. The first-order valence-electron chi connectivity index (χ1n) is 6.98. The molecule has 0 aliphatic heterocycles. The van der Waals surface area contributed by atoms with E-state index in [1.54, 1.807) is 6.20 Å². The van der Waals surface area contributed by atoms with Gasteiger partial charge in [0.2, 0.25) is 0 Å². The molecular weight excluding hydrogens is 295 g/mol. The van der Waals surface area contributed by atoms with Crippen LogP contribution in [0.1, 0.15) is 36.3 Å². The quantitative estimate of drug-likeness (QED) is 0.768. The van der Waals surface area contributed by atoms with E-state index in [0.717, 1.165) is 17.8 Å². The maximum absolute atomic E-state index is 12.5. The van der Waals surface area contributed by atoms with Crippen LogP contribution in [0.25, 0.3) is 0 Å². The highest BCUT2D eigenvalue weighted by atomic mass is 19.4.